The molecule has 0 bridgehead atoms. The molecule has 0 rings (SSSR count). The van der Waals surface area contributed by atoms with E-state index in [1.54, 1.807) is 0 Å². The van der Waals surface area contributed by atoms with Gasteiger partial charge >= 0.3 is 0 Å². The van der Waals surface area contributed by atoms with Crippen LogP contribution in [0.4, 0.5) is 0 Å². The summed E-state index contributed by atoms with van der Waals surface area (Å²) in [6.45, 7) is 0. The van der Waals surface area contributed by atoms with E-state index in [9.17, 15) is 0 Å². The fraction of sp³-hybridized carbons (Fsp3) is 0. The van der Waals surface area contributed by atoms with Gasteiger partial charge in [0.25, 0.3) is 0 Å². The van der Waals surface area contributed by atoms with Crippen LogP contribution in [0.2, 0.25) is 0 Å². The number of rotatable bonds is 1. The van der Waals surface area contributed by atoms with Gasteiger partial charge in [-0.15, -0.1) is 0 Å². The lowest BCUT2D eigenvalue weighted by atomic mass is 11.2. The van der Waals surface area contributed by atoms with Crippen molar-refractivity contribution in [2.45, 2.75) is 0 Å². The van der Waals surface area contributed by atoms with Gasteiger partial charge in [-0.05, 0) is 10.4 Å². The summed E-state index contributed by atoms with van der Waals surface area (Å²) in [5.74, 6) is 4.51. The molecule has 7 heavy (non-hydrogen) atoms. The van der Waals surface area contributed by atoms with Crippen molar-refractivity contribution >= 4 is 0 Å². The van der Waals surface area contributed by atoms with Crippen molar-refractivity contribution in [2.75, 3.05) is 0 Å². The van der Waals surface area contributed by atoms with Crippen LogP contribution in [-0.4, -0.2) is 0 Å². The van der Waals surface area contributed by atoms with Gasteiger partial charge in [0.05, 0.1) is 6.04 Å². The number of nitrogens with two attached hydrogens (primary N) is 1. The molecule has 0 amide bonds. The Bertz CT molecular complexity index is 117. The van der Waals surface area contributed by atoms with Gasteiger partial charge in [-0.3, -0.25) is 0 Å². The summed E-state index contributed by atoms with van der Waals surface area (Å²) in [6, 6.07) is 1.85. The largest absolute Gasteiger partial charge is 0.303 e. The first-order valence-corrected chi connectivity index (χ1v) is 1.37. The molecule has 5 heteroatoms. The molecule has 0 heterocycles. The Hall–Kier alpha value is -1.44. The third-order valence-corrected chi connectivity index (χ3v) is 0.194. The molecule has 0 saturated heterocycles. The zero-order valence-corrected chi connectivity index (χ0v) is 3.44. The van der Waals surface area contributed by atoms with E-state index in [0.717, 1.165) is 0 Å². The zero-order valence-electron chi connectivity index (χ0n) is 3.44. The maximum absolute atomic E-state index is 4.62. The van der Waals surface area contributed by atoms with E-state index in [1.807, 2.05) is 6.04 Å². The highest BCUT2D eigenvalue weighted by Gasteiger charge is 1.54. The lowest BCUT2D eigenvalue weighted by Gasteiger charge is -1.61. The van der Waals surface area contributed by atoms with Crippen molar-refractivity contribution in [3.8, 4) is 12.5 Å². The Morgan fingerprint density at radius 2 is 2.14 bits per heavy atom. The van der Waals surface area contributed by atoms with Gasteiger partial charge in [-0.25, -0.2) is 0 Å². The van der Waals surface area contributed by atoms with Crippen molar-refractivity contribution in [1.29, 1.82) is 0 Å². The van der Waals surface area contributed by atoms with Crippen LogP contribution < -0.4 is 5.84 Å². The summed E-state index contributed by atoms with van der Waals surface area (Å²) >= 11 is 0. The van der Waals surface area contributed by atoms with Crippen molar-refractivity contribution in [3.63, 3.8) is 0 Å². The van der Waals surface area contributed by atoms with Crippen molar-refractivity contribution < 1.29 is 0 Å². The van der Waals surface area contributed by atoms with Crippen molar-refractivity contribution in [2.24, 2.45) is 26.6 Å². The maximum Gasteiger partial charge on any atom is 0.0561 e. The molecule has 36 valence electrons. The number of hydrogen-bond acceptors (Lipinski definition) is 2. The van der Waals surface area contributed by atoms with E-state index < -0.39 is 0 Å². The van der Waals surface area contributed by atoms with Gasteiger partial charge in [0.15, 0.2) is 0 Å². The summed E-state index contributed by atoms with van der Waals surface area (Å²) in [4.78, 5) is 0. The average Bonchev–Trinajstić information content (AvgIpc) is 1.69. The van der Waals surface area contributed by atoms with E-state index in [1.165, 1.54) is 0 Å². The van der Waals surface area contributed by atoms with Crippen LogP contribution in [0.1, 0.15) is 0 Å². The van der Waals surface area contributed by atoms with Gasteiger partial charge in [-0.2, -0.15) is 0 Å². The van der Waals surface area contributed by atoms with Crippen LogP contribution in [0, 0.1) is 12.5 Å². The Morgan fingerprint density at radius 3 is 2.57 bits per heavy atom. The van der Waals surface area contributed by atoms with Crippen LogP contribution in [0.25, 0.3) is 0 Å². The molecule has 5 nitrogen and oxygen atoms in total. The minimum absolute atomic E-state index is 1.85. The van der Waals surface area contributed by atoms with E-state index in [-0.39, 0.29) is 0 Å². The highest BCUT2D eigenvalue weighted by Crippen LogP contribution is 1.70. The Morgan fingerprint density at radius 1 is 1.43 bits per heavy atom. The summed E-state index contributed by atoms with van der Waals surface area (Å²) in [7, 11) is 0. The quantitative estimate of drug-likeness (QED) is 0.217. The molecule has 0 fully saturated rings. The molecule has 2 N–H and O–H groups in total. The smallest absolute Gasteiger partial charge is 0.0561 e. The summed E-state index contributed by atoms with van der Waals surface area (Å²) in [5.41, 5.74) is 0. The van der Waals surface area contributed by atoms with E-state index in [0.29, 0.717) is 0 Å². The molecule has 0 aliphatic heterocycles. The van der Waals surface area contributed by atoms with Crippen LogP contribution >= 0.6 is 0 Å². The molecule has 0 aromatic rings. The van der Waals surface area contributed by atoms with Gasteiger partial charge in [0.1, 0.15) is 0 Å². The lowest BCUT2D eigenvalue weighted by molar-refractivity contribution is 0.899. The molecule has 0 aliphatic carbocycles. The number of hydrogen-bond donors (Lipinski definition) is 1. The van der Waals surface area contributed by atoms with Gasteiger partial charge in [0, 0.05) is 0 Å². The SMILES string of the molecule is C#CN=N/N=N\N. The number of nitrogens with zero attached hydrogens (tertiary/aromatic N) is 4. The molecular formula is C2H3N5. The molecule has 0 aromatic heterocycles. The fourth-order valence-electron chi connectivity index (χ4n) is 0.0689. The topological polar surface area (TPSA) is 75.5 Å². The maximum atomic E-state index is 4.62. The molecule has 0 spiro atoms. The van der Waals surface area contributed by atoms with Crippen molar-refractivity contribution in [1.82, 2.24) is 0 Å². The van der Waals surface area contributed by atoms with Crippen LogP contribution in [0.5, 0.6) is 0 Å². The predicted molar refractivity (Wildman–Crippen MR) is 22.7 cm³/mol. The average molecular weight is 97.1 g/mol. The summed E-state index contributed by atoms with van der Waals surface area (Å²) < 4.78 is 0. The fourth-order valence-corrected chi connectivity index (χ4v) is 0.0689. The van der Waals surface area contributed by atoms with Crippen LogP contribution in [0.3, 0.4) is 0 Å². The van der Waals surface area contributed by atoms with Crippen LogP contribution in [0.15, 0.2) is 20.8 Å². The second-order valence-corrected chi connectivity index (χ2v) is 0.523. The summed E-state index contributed by atoms with van der Waals surface area (Å²) in [5, 5.41) is 11.5. The number of terminal acetylenes is 1. The lowest BCUT2D eigenvalue weighted by Crippen LogP contribution is -1.70. The molecule has 0 unspecified atom stereocenters. The highest BCUT2D eigenvalue weighted by molar-refractivity contribution is 4.76. The molecule has 0 radical (unpaired) electrons. The first-order valence-electron chi connectivity index (χ1n) is 1.37. The van der Waals surface area contributed by atoms with E-state index in [4.69, 9.17) is 0 Å². The standard InChI is InChI=1S/C2H3N5/c1-2-4-6-7-5-3/h1H,(H2,3,4,7). The summed E-state index contributed by atoms with van der Waals surface area (Å²) in [6.07, 6.45) is 4.62. The Balaban J connectivity index is 3.33. The minimum atomic E-state index is 1.85. The molecule has 0 saturated carbocycles. The third-order valence-electron chi connectivity index (χ3n) is 0.194. The molecule has 0 atom stereocenters. The third kappa shape index (κ3) is 4.56. The first kappa shape index (κ1) is 5.56. The highest BCUT2D eigenvalue weighted by atomic mass is 15.5. The Kier molecular flexibility index (Phi) is 3.62. The Labute approximate surface area is 40.3 Å². The predicted octanol–water partition coefficient (Wildman–Crippen LogP) is 0.270. The monoisotopic (exact) mass is 97.0 g/mol. The van der Waals surface area contributed by atoms with Gasteiger partial charge < -0.3 is 5.84 Å². The molecular weight excluding hydrogens is 94.1 g/mol. The van der Waals surface area contributed by atoms with E-state index in [2.05, 4.69) is 33.1 Å². The van der Waals surface area contributed by atoms with Crippen molar-refractivity contribution in [3.05, 3.63) is 0 Å². The minimum Gasteiger partial charge on any atom is -0.303 e. The molecule has 0 aromatic carbocycles. The normalized spacial score (nSPS) is 10.1. The van der Waals surface area contributed by atoms with E-state index >= 15 is 0 Å². The van der Waals surface area contributed by atoms with Gasteiger partial charge in [0.2, 0.25) is 0 Å². The second-order valence-electron chi connectivity index (χ2n) is 0.523. The first-order chi connectivity index (χ1) is 3.41. The zero-order chi connectivity index (χ0) is 5.54. The second kappa shape index (κ2) is 4.56. The van der Waals surface area contributed by atoms with Gasteiger partial charge in [-0.1, -0.05) is 16.8 Å². The van der Waals surface area contributed by atoms with Crippen LogP contribution in [-0.2, 0) is 0 Å². The molecule has 0 aliphatic rings.